The van der Waals surface area contributed by atoms with Gasteiger partial charge in [0.1, 0.15) is 5.75 Å². The van der Waals surface area contributed by atoms with Gasteiger partial charge in [0.2, 0.25) is 0 Å². The molecule has 2 aromatic carbocycles. The van der Waals surface area contributed by atoms with E-state index in [1.54, 1.807) is 36.4 Å². The number of hydrogen-bond donors (Lipinski definition) is 1. The summed E-state index contributed by atoms with van der Waals surface area (Å²) in [5, 5.41) is 1.84. The first kappa shape index (κ1) is 22.9. The molecule has 0 bridgehead atoms. The first-order valence-electron chi connectivity index (χ1n) is 9.15. The van der Waals surface area contributed by atoms with E-state index in [1.807, 2.05) is 17.4 Å². The Kier molecular flexibility index (Phi) is 8.70. The van der Waals surface area contributed by atoms with Crippen molar-refractivity contribution in [3.63, 3.8) is 0 Å². The summed E-state index contributed by atoms with van der Waals surface area (Å²) >= 11 is 3.34. The van der Waals surface area contributed by atoms with E-state index in [0.29, 0.717) is 36.3 Å². The standard InChI is InChI=1S/C21H21BrF3NO3/c22-17-9-5-15(6-10-17)19(27)16-7-11-18(12-8-16)29-14-4-2-1-3-13-26-20(28)21(23,24)25/h5-12H,1-4,13-14H2,(H,26,28). The number of ketones is 1. The zero-order valence-electron chi connectivity index (χ0n) is 15.6. The zero-order chi connectivity index (χ0) is 21.3. The van der Waals surface area contributed by atoms with E-state index in [9.17, 15) is 22.8 Å². The average Bonchev–Trinajstić information content (AvgIpc) is 2.69. The molecule has 0 heterocycles. The largest absolute Gasteiger partial charge is 0.494 e. The third kappa shape index (κ3) is 7.89. The molecule has 2 aromatic rings. The Balaban J connectivity index is 1.63. The van der Waals surface area contributed by atoms with Crippen molar-refractivity contribution in [3.8, 4) is 5.75 Å². The molecule has 0 spiro atoms. The van der Waals surface area contributed by atoms with Crippen molar-refractivity contribution < 1.29 is 27.5 Å². The molecule has 29 heavy (non-hydrogen) atoms. The van der Waals surface area contributed by atoms with Crippen LogP contribution in [0, 0.1) is 0 Å². The van der Waals surface area contributed by atoms with E-state index >= 15 is 0 Å². The fourth-order valence-corrected chi connectivity index (χ4v) is 2.81. The van der Waals surface area contributed by atoms with Gasteiger partial charge in [-0.05, 0) is 61.4 Å². The van der Waals surface area contributed by atoms with Crippen molar-refractivity contribution in [2.24, 2.45) is 0 Å². The smallest absolute Gasteiger partial charge is 0.471 e. The quantitative estimate of drug-likeness (QED) is 0.377. The van der Waals surface area contributed by atoms with Crippen LogP contribution in [0.1, 0.15) is 41.6 Å². The van der Waals surface area contributed by atoms with Gasteiger partial charge in [-0.3, -0.25) is 9.59 Å². The number of alkyl halides is 3. The zero-order valence-corrected chi connectivity index (χ0v) is 17.2. The maximum atomic E-state index is 12.4. The SMILES string of the molecule is O=C(c1ccc(Br)cc1)c1ccc(OCCCCCCNC(=O)C(F)(F)F)cc1. The maximum Gasteiger partial charge on any atom is 0.471 e. The van der Waals surface area contributed by atoms with Gasteiger partial charge in [-0.2, -0.15) is 13.2 Å². The van der Waals surface area contributed by atoms with E-state index in [-0.39, 0.29) is 12.3 Å². The molecule has 0 fully saturated rings. The van der Waals surface area contributed by atoms with Crippen LogP contribution in [0.2, 0.25) is 0 Å². The van der Waals surface area contributed by atoms with E-state index in [1.165, 1.54) is 0 Å². The van der Waals surface area contributed by atoms with E-state index < -0.39 is 12.1 Å². The molecule has 0 aromatic heterocycles. The number of carbonyl (C=O) groups excluding carboxylic acids is 2. The normalized spacial score (nSPS) is 11.2. The average molecular weight is 472 g/mol. The van der Waals surface area contributed by atoms with Crippen molar-refractivity contribution in [3.05, 3.63) is 64.1 Å². The first-order chi connectivity index (χ1) is 13.8. The summed E-state index contributed by atoms with van der Waals surface area (Å²) < 4.78 is 42.5. The van der Waals surface area contributed by atoms with Crippen molar-refractivity contribution in [1.29, 1.82) is 0 Å². The monoisotopic (exact) mass is 471 g/mol. The molecule has 0 saturated heterocycles. The highest BCUT2D eigenvalue weighted by Crippen LogP contribution is 2.18. The summed E-state index contributed by atoms with van der Waals surface area (Å²) in [5.41, 5.74) is 1.17. The highest BCUT2D eigenvalue weighted by atomic mass is 79.9. The molecular weight excluding hydrogens is 451 g/mol. The van der Waals surface area contributed by atoms with Crippen LogP contribution in [0.4, 0.5) is 13.2 Å². The Morgan fingerprint density at radius 1 is 0.862 bits per heavy atom. The molecule has 0 radical (unpaired) electrons. The molecule has 2 rings (SSSR count). The second kappa shape index (κ2) is 11.0. The number of nitrogens with one attached hydrogen (secondary N) is 1. The minimum absolute atomic E-state index is 0.00700. The molecule has 4 nitrogen and oxygen atoms in total. The minimum atomic E-state index is -4.83. The molecule has 156 valence electrons. The molecule has 1 amide bonds. The van der Waals surface area contributed by atoms with Gasteiger partial charge < -0.3 is 10.1 Å². The lowest BCUT2D eigenvalue weighted by molar-refractivity contribution is -0.173. The number of ether oxygens (including phenoxy) is 1. The molecular formula is C21H21BrF3NO3. The van der Waals surface area contributed by atoms with E-state index in [4.69, 9.17) is 4.74 Å². The van der Waals surface area contributed by atoms with Crippen molar-refractivity contribution >= 4 is 27.6 Å². The lowest BCUT2D eigenvalue weighted by Crippen LogP contribution is -2.37. The second-order valence-electron chi connectivity index (χ2n) is 6.38. The van der Waals surface area contributed by atoms with Crippen LogP contribution >= 0.6 is 15.9 Å². The summed E-state index contributed by atoms with van der Waals surface area (Å²) in [7, 11) is 0. The number of amides is 1. The number of carbonyl (C=O) groups is 2. The summed E-state index contributed by atoms with van der Waals surface area (Å²) in [4.78, 5) is 23.0. The highest BCUT2D eigenvalue weighted by Gasteiger charge is 2.38. The number of halogens is 4. The summed E-state index contributed by atoms with van der Waals surface area (Å²) in [6.07, 6.45) is -2.13. The highest BCUT2D eigenvalue weighted by molar-refractivity contribution is 9.10. The summed E-state index contributed by atoms with van der Waals surface area (Å²) in [6, 6.07) is 14.0. The van der Waals surface area contributed by atoms with E-state index in [2.05, 4.69) is 15.9 Å². The van der Waals surface area contributed by atoms with E-state index in [0.717, 1.165) is 17.3 Å². The van der Waals surface area contributed by atoms with Gasteiger partial charge in [0.25, 0.3) is 0 Å². The fraction of sp³-hybridized carbons (Fsp3) is 0.333. The maximum absolute atomic E-state index is 12.4. The van der Waals surface area contributed by atoms with Gasteiger partial charge in [0.15, 0.2) is 5.78 Å². The van der Waals surface area contributed by atoms with Gasteiger partial charge in [-0.1, -0.05) is 28.8 Å². The predicted molar refractivity (Wildman–Crippen MR) is 107 cm³/mol. The van der Waals surface area contributed by atoms with Crippen molar-refractivity contribution in [2.45, 2.75) is 31.9 Å². The third-order valence-electron chi connectivity index (χ3n) is 4.11. The lowest BCUT2D eigenvalue weighted by Gasteiger charge is -2.08. The number of rotatable bonds is 10. The first-order valence-corrected chi connectivity index (χ1v) is 9.95. The molecule has 0 aliphatic carbocycles. The second-order valence-corrected chi connectivity index (χ2v) is 7.29. The summed E-state index contributed by atoms with van der Waals surface area (Å²) in [6.45, 7) is 0.474. The van der Waals surface area contributed by atoms with Crippen LogP contribution in [0.5, 0.6) is 5.75 Å². The van der Waals surface area contributed by atoms with Crippen molar-refractivity contribution in [1.82, 2.24) is 5.32 Å². The van der Waals surface area contributed by atoms with Crippen LogP contribution < -0.4 is 10.1 Å². The number of benzene rings is 2. The Morgan fingerprint density at radius 2 is 1.41 bits per heavy atom. The molecule has 0 atom stereocenters. The Labute approximate surface area is 175 Å². The fourth-order valence-electron chi connectivity index (χ4n) is 2.54. The van der Waals surface area contributed by atoms with Crippen molar-refractivity contribution in [2.75, 3.05) is 13.2 Å². The van der Waals surface area contributed by atoms with Gasteiger partial charge >= 0.3 is 12.1 Å². The van der Waals surface area contributed by atoms with Crippen LogP contribution in [-0.2, 0) is 4.79 Å². The van der Waals surface area contributed by atoms with Crippen LogP contribution in [0.25, 0.3) is 0 Å². The number of hydrogen-bond acceptors (Lipinski definition) is 3. The van der Waals surface area contributed by atoms with Crippen LogP contribution in [0.3, 0.4) is 0 Å². The van der Waals surface area contributed by atoms with Crippen LogP contribution in [-0.4, -0.2) is 31.0 Å². The third-order valence-corrected chi connectivity index (χ3v) is 4.63. The molecule has 1 N–H and O–H groups in total. The molecule has 0 aliphatic heterocycles. The number of unbranched alkanes of at least 4 members (excludes halogenated alkanes) is 3. The van der Waals surface area contributed by atoms with Gasteiger partial charge in [-0.25, -0.2) is 0 Å². The minimum Gasteiger partial charge on any atom is -0.494 e. The molecule has 0 saturated carbocycles. The Morgan fingerprint density at radius 3 is 2.00 bits per heavy atom. The van der Waals surface area contributed by atoms with Gasteiger partial charge in [0.05, 0.1) is 6.61 Å². The Hall–Kier alpha value is -2.35. The summed E-state index contributed by atoms with van der Waals surface area (Å²) in [5.74, 6) is -1.32. The molecule has 0 unspecified atom stereocenters. The molecule has 0 aliphatic rings. The lowest BCUT2D eigenvalue weighted by atomic mass is 10.0. The molecule has 8 heteroatoms. The van der Waals surface area contributed by atoms with Gasteiger partial charge in [0, 0.05) is 22.1 Å². The van der Waals surface area contributed by atoms with Gasteiger partial charge in [-0.15, -0.1) is 0 Å². The predicted octanol–water partition coefficient (Wildman–Crippen LogP) is 5.30. The topological polar surface area (TPSA) is 55.4 Å². The Bertz CT molecular complexity index is 805. The van der Waals surface area contributed by atoms with Crippen LogP contribution in [0.15, 0.2) is 53.0 Å².